The number of hydrogen-bond acceptors (Lipinski definition) is 3. The van der Waals surface area contributed by atoms with Gasteiger partial charge in [0.1, 0.15) is 5.52 Å². The van der Waals surface area contributed by atoms with Crippen LogP contribution in [0.15, 0.2) is 35.8 Å². The van der Waals surface area contributed by atoms with E-state index in [1.165, 1.54) is 0 Å². The summed E-state index contributed by atoms with van der Waals surface area (Å²) in [7, 11) is 0. The molecule has 14 heavy (non-hydrogen) atoms. The molecule has 1 N–H and O–H groups in total. The highest BCUT2D eigenvalue weighted by atomic mass is 16.1. The van der Waals surface area contributed by atoms with Crippen molar-refractivity contribution in [3.63, 3.8) is 0 Å². The van der Waals surface area contributed by atoms with Crippen LogP contribution in [0.1, 0.15) is 0 Å². The molecule has 5 nitrogen and oxygen atoms in total. The van der Waals surface area contributed by atoms with Crippen LogP contribution in [0.2, 0.25) is 0 Å². The lowest BCUT2D eigenvalue weighted by atomic mass is 10.4. The van der Waals surface area contributed by atoms with Crippen LogP contribution < -0.4 is 5.56 Å². The smallest absolute Gasteiger partial charge is 0.274 e. The highest BCUT2D eigenvalue weighted by Gasteiger charge is 2.03. The van der Waals surface area contributed by atoms with Crippen LogP contribution in [-0.4, -0.2) is 19.4 Å². The fourth-order valence-electron chi connectivity index (χ4n) is 1.53. The number of rotatable bonds is 0. The molecule has 68 valence electrons. The van der Waals surface area contributed by atoms with Crippen molar-refractivity contribution in [3.8, 4) is 0 Å². The summed E-state index contributed by atoms with van der Waals surface area (Å²) in [5, 5.41) is 0. The van der Waals surface area contributed by atoms with Gasteiger partial charge in [-0.2, -0.15) is 0 Å². The van der Waals surface area contributed by atoms with Crippen LogP contribution in [-0.2, 0) is 0 Å². The maximum Gasteiger partial charge on any atom is 0.274 e. The standard InChI is InChI=1S/C9H6N4O/c14-9-8-4-11-5-13(8)7-1-2-10-3-6(7)12-9/h1-5H,(H,12,14). The van der Waals surface area contributed by atoms with Crippen molar-refractivity contribution >= 4 is 16.6 Å². The summed E-state index contributed by atoms with van der Waals surface area (Å²) in [6.07, 6.45) is 6.46. The molecule has 0 unspecified atom stereocenters. The van der Waals surface area contributed by atoms with E-state index < -0.39 is 0 Å². The maximum absolute atomic E-state index is 11.5. The summed E-state index contributed by atoms with van der Waals surface area (Å²) in [4.78, 5) is 22.1. The lowest BCUT2D eigenvalue weighted by Gasteiger charge is -1.99. The average Bonchev–Trinajstić information content (AvgIpc) is 2.67. The number of aromatic nitrogens is 4. The third-order valence-electron chi connectivity index (χ3n) is 2.18. The molecule has 0 bridgehead atoms. The van der Waals surface area contributed by atoms with Gasteiger partial charge in [-0.25, -0.2) is 4.98 Å². The van der Waals surface area contributed by atoms with Crippen LogP contribution >= 0.6 is 0 Å². The molecule has 0 aromatic carbocycles. The minimum absolute atomic E-state index is 0.150. The minimum Gasteiger partial charge on any atom is -0.318 e. The minimum atomic E-state index is -0.150. The molecule has 0 aliphatic carbocycles. The number of hydrogen-bond donors (Lipinski definition) is 1. The number of fused-ring (bicyclic) bond motifs is 3. The molecule has 0 amide bonds. The van der Waals surface area contributed by atoms with E-state index in [4.69, 9.17) is 0 Å². The third kappa shape index (κ3) is 0.806. The summed E-state index contributed by atoms with van der Waals surface area (Å²) in [6, 6.07) is 1.83. The Kier molecular flexibility index (Phi) is 1.25. The Morgan fingerprint density at radius 3 is 3.07 bits per heavy atom. The van der Waals surface area contributed by atoms with Crippen LogP contribution in [0.5, 0.6) is 0 Å². The first-order chi connectivity index (χ1) is 6.86. The van der Waals surface area contributed by atoms with Crippen molar-refractivity contribution < 1.29 is 0 Å². The van der Waals surface area contributed by atoms with Crippen LogP contribution in [0.4, 0.5) is 0 Å². The van der Waals surface area contributed by atoms with Gasteiger partial charge >= 0.3 is 0 Å². The monoisotopic (exact) mass is 186 g/mol. The number of aromatic amines is 1. The summed E-state index contributed by atoms with van der Waals surface area (Å²) >= 11 is 0. The van der Waals surface area contributed by atoms with Crippen molar-refractivity contribution in [3.05, 3.63) is 41.3 Å². The lowest BCUT2D eigenvalue weighted by molar-refractivity contribution is 1.15. The highest BCUT2D eigenvalue weighted by Crippen LogP contribution is 2.08. The summed E-state index contributed by atoms with van der Waals surface area (Å²) in [5.41, 5.74) is 2.00. The molecule has 0 saturated carbocycles. The first-order valence-corrected chi connectivity index (χ1v) is 4.14. The van der Waals surface area contributed by atoms with Gasteiger partial charge in [-0.15, -0.1) is 0 Å². The maximum atomic E-state index is 11.5. The van der Waals surface area contributed by atoms with Gasteiger partial charge in [0, 0.05) is 6.20 Å². The van der Waals surface area contributed by atoms with E-state index >= 15 is 0 Å². The second kappa shape index (κ2) is 2.41. The van der Waals surface area contributed by atoms with E-state index in [9.17, 15) is 4.79 Å². The summed E-state index contributed by atoms with van der Waals surface area (Å²) in [5.74, 6) is 0. The zero-order valence-electron chi connectivity index (χ0n) is 7.14. The predicted molar refractivity (Wildman–Crippen MR) is 51.1 cm³/mol. The molecule has 3 rings (SSSR count). The molecule has 3 aromatic heterocycles. The van der Waals surface area contributed by atoms with E-state index in [1.54, 1.807) is 29.3 Å². The highest BCUT2D eigenvalue weighted by molar-refractivity contribution is 5.76. The van der Waals surface area contributed by atoms with E-state index in [0.29, 0.717) is 11.0 Å². The Bertz CT molecular complexity index is 667. The Balaban J connectivity index is 2.73. The normalized spacial score (nSPS) is 11.1. The molecule has 0 aliphatic heterocycles. The quantitative estimate of drug-likeness (QED) is 0.558. The zero-order chi connectivity index (χ0) is 9.54. The van der Waals surface area contributed by atoms with Gasteiger partial charge in [-0.3, -0.25) is 14.2 Å². The molecule has 0 aliphatic rings. The van der Waals surface area contributed by atoms with Gasteiger partial charge in [-0.1, -0.05) is 0 Å². The second-order valence-electron chi connectivity index (χ2n) is 3.00. The molecule has 3 heterocycles. The largest absolute Gasteiger partial charge is 0.318 e. The van der Waals surface area contributed by atoms with Gasteiger partial charge < -0.3 is 4.98 Å². The average molecular weight is 186 g/mol. The Morgan fingerprint density at radius 2 is 2.14 bits per heavy atom. The molecule has 0 fully saturated rings. The van der Waals surface area contributed by atoms with E-state index in [1.807, 2.05) is 6.07 Å². The molecule has 0 radical (unpaired) electrons. The number of nitrogens with zero attached hydrogens (tertiary/aromatic N) is 3. The molecule has 3 aromatic rings. The van der Waals surface area contributed by atoms with Crippen molar-refractivity contribution in [1.29, 1.82) is 0 Å². The number of nitrogens with one attached hydrogen (secondary N) is 1. The first-order valence-electron chi connectivity index (χ1n) is 4.14. The van der Waals surface area contributed by atoms with Crippen molar-refractivity contribution in [2.45, 2.75) is 0 Å². The van der Waals surface area contributed by atoms with E-state index in [0.717, 1.165) is 5.52 Å². The fraction of sp³-hybridized carbons (Fsp3) is 0. The summed E-state index contributed by atoms with van der Waals surface area (Å²) < 4.78 is 1.75. The molecule has 0 spiro atoms. The van der Waals surface area contributed by atoms with Gasteiger partial charge in [-0.05, 0) is 6.07 Å². The second-order valence-corrected chi connectivity index (χ2v) is 3.00. The van der Waals surface area contributed by atoms with Crippen LogP contribution in [0, 0.1) is 0 Å². The van der Waals surface area contributed by atoms with Gasteiger partial charge in [0.15, 0.2) is 0 Å². The molecular formula is C9H6N4O. The molecule has 5 heteroatoms. The van der Waals surface area contributed by atoms with Gasteiger partial charge in [0.25, 0.3) is 5.56 Å². The zero-order valence-corrected chi connectivity index (χ0v) is 7.14. The Hall–Kier alpha value is -2.17. The van der Waals surface area contributed by atoms with Crippen molar-refractivity contribution in [2.75, 3.05) is 0 Å². The molecule has 0 saturated heterocycles. The summed E-state index contributed by atoms with van der Waals surface area (Å²) in [6.45, 7) is 0. The molecular weight excluding hydrogens is 180 g/mol. The lowest BCUT2D eigenvalue weighted by Crippen LogP contribution is -2.09. The van der Waals surface area contributed by atoms with Gasteiger partial charge in [0.05, 0.1) is 29.8 Å². The predicted octanol–water partition coefficient (Wildman–Crippen LogP) is 0.571. The fourth-order valence-corrected chi connectivity index (χ4v) is 1.53. The topological polar surface area (TPSA) is 63.0 Å². The van der Waals surface area contributed by atoms with E-state index in [2.05, 4.69) is 15.0 Å². The number of imidazole rings is 1. The van der Waals surface area contributed by atoms with Crippen LogP contribution in [0.25, 0.3) is 16.6 Å². The Morgan fingerprint density at radius 1 is 1.21 bits per heavy atom. The van der Waals surface area contributed by atoms with Crippen molar-refractivity contribution in [2.24, 2.45) is 0 Å². The number of H-pyrrole nitrogens is 1. The SMILES string of the molecule is O=c1[nH]c2cnccc2n2cncc12. The third-order valence-corrected chi connectivity index (χ3v) is 2.18. The van der Waals surface area contributed by atoms with Gasteiger partial charge in [0.2, 0.25) is 0 Å². The molecule has 0 atom stereocenters. The van der Waals surface area contributed by atoms with Crippen molar-refractivity contribution in [1.82, 2.24) is 19.4 Å². The first kappa shape index (κ1) is 7.25. The number of pyridine rings is 1. The Labute approximate surface area is 78.1 Å². The van der Waals surface area contributed by atoms with E-state index in [-0.39, 0.29) is 5.56 Å². The van der Waals surface area contributed by atoms with Crippen LogP contribution in [0.3, 0.4) is 0 Å².